The maximum Gasteiger partial charge on any atom is 0.223 e. The average molecular weight is 435 g/mol. The predicted molar refractivity (Wildman–Crippen MR) is 125 cm³/mol. The van der Waals surface area contributed by atoms with Crippen LogP contribution in [0.25, 0.3) is 11.3 Å². The first-order valence-corrected chi connectivity index (χ1v) is 11.1. The van der Waals surface area contributed by atoms with E-state index >= 15 is 0 Å². The smallest absolute Gasteiger partial charge is 0.223 e. The van der Waals surface area contributed by atoms with E-state index in [-0.39, 0.29) is 11.8 Å². The minimum atomic E-state index is 0.0567. The van der Waals surface area contributed by atoms with Gasteiger partial charge >= 0.3 is 0 Å². The lowest BCUT2D eigenvalue weighted by Crippen LogP contribution is -2.41. The summed E-state index contributed by atoms with van der Waals surface area (Å²) in [4.78, 5) is 14.7. The molecular formula is C25H27ClN4O. The molecule has 6 heteroatoms. The summed E-state index contributed by atoms with van der Waals surface area (Å²) in [6, 6.07) is 20.1. The topological polar surface area (TPSA) is 58.1 Å². The molecule has 0 saturated carbocycles. The Hall–Kier alpha value is -2.92. The van der Waals surface area contributed by atoms with Crippen molar-refractivity contribution in [2.24, 2.45) is 5.92 Å². The highest BCUT2D eigenvalue weighted by atomic mass is 35.5. The Morgan fingerprint density at radius 3 is 2.35 bits per heavy atom. The molecule has 0 aliphatic carbocycles. The van der Waals surface area contributed by atoms with Gasteiger partial charge in [-0.15, -0.1) is 10.2 Å². The summed E-state index contributed by atoms with van der Waals surface area (Å²) >= 11 is 5.91. The second kappa shape index (κ2) is 9.92. The highest BCUT2D eigenvalue weighted by molar-refractivity contribution is 6.30. The molecule has 1 amide bonds. The number of piperidine rings is 1. The van der Waals surface area contributed by atoms with Crippen molar-refractivity contribution in [1.29, 1.82) is 0 Å². The molecule has 2 aromatic carbocycles. The maximum absolute atomic E-state index is 12.5. The molecule has 1 fully saturated rings. The summed E-state index contributed by atoms with van der Waals surface area (Å²) in [6.45, 7) is 4.34. The van der Waals surface area contributed by atoms with Gasteiger partial charge in [-0.25, -0.2) is 0 Å². The molecule has 0 atom stereocenters. The molecule has 0 unspecified atom stereocenters. The van der Waals surface area contributed by atoms with Gasteiger partial charge in [0.1, 0.15) is 0 Å². The first kappa shape index (κ1) is 21.3. The third kappa shape index (κ3) is 5.61. The Morgan fingerprint density at radius 1 is 1.00 bits per heavy atom. The summed E-state index contributed by atoms with van der Waals surface area (Å²) in [5, 5.41) is 12.6. The fraction of sp³-hybridized carbons (Fsp3) is 0.320. The van der Waals surface area contributed by atoms with Crippen LogP contribution in [0.3, 0.4) is 0 Å². The lowest BCUT2D eigenvalue weighted by Gasteiger charge is -2.31. The predicted octanol–water partition coefficient (Wildman–Crippen LogP) is 4.68. The molecule has 1 N–H and O–H groups in total. The fourth-order valence-corrected chi connectivity index (χ4v) is 3.99. The zero-order chi connectivity index (χ0) is 21.6. The number of nitrogens with one attached hydrogen (secondary N) is 1. The van der Waals surface area contributed by atoms with Gasteiger partial charge in [0.15, 0.2) is 5.82 Å². The summed E-state index contributed by atoms with van der Waals surface area (Å²) in [6.07, 6.45) is 2.47. The van der Waals surface area contributed by atoms with E-state index < -0.39 is 0 Å². The number of carbonyl (C=O) groups excluding carboxylic acids is 1. The van der Waals surface area contributed by atoms with Crippen LogP contribution in [-0.4, -0.2) is 35.7 Å². The number of amides is 1. The van der Waals surface area contributed by atoms with Crippen LogP contribution >= 0.6 is 11.6 Å². The molecule has 0 spiro atoms. The van der Waals surface area contributed by atoms with Crippen molar-refractivity contribution in [1.82, 2.24) is 15.5 Å². The van der Waals surface area contributed by atoms with Crippen molar-refractivity contribution in [3.8, 4) is 11.3 Å². The molecule has 31 heavy (non-hydrogen) atoms. The molecule has 1 aromatic heterocycles. The van der Waals surface area contributed by atoms with Gasteiger partial charge in [-0.3, -0.25) is 4.79 Å². The Bertz CT molecular complexity index is 995. The number of aryl methyl sites for hydroxylation is 1. The molecule has 1 saturated heterocycles. The van der Waals surface area contributed by atoms with E-state index in [9.17, 15) is 4.79 Å². The number of aromatic nitrogens is 2. The summed E-state index contributed by atoms with van der Waals surface area (Å²) < 4.78 is 0. The summed E-state index contributed by atoms with van der Waals surface area (Å²) in [5.74, 6) is 1.08. The van der Waals surface area contributed by atoms with Crippen molar-refractivity contribution in [2.45, 2.75) is 26.2 Å². The highest BCUT2D eigenvalue weighted by Crippen LogP contribution is 2.23. The normalized spacial score (nSPS) is 14.5. The van der Waals surface area contributed by atoms with Crippen LogP contribution in [0, 0.1) is 12.8 Å². The number of anilines is 1. The molecule has 160 valence electrons. The van der Waals surface area contributed by atoms with Gasteiger partial charge in [-0.1, -0.05) is 53.6 Å². The molecule has 4 rings (SSSR count). The van der Waals surface area contributed by atoms with Crippen LogP contribution in [0.15, 0.2) is 60.7 Å². The maximum atomic E-state index is 12.5. The molecular weight excluding hydrogens is 408 g/mol. The number of hydrogen-bond acceptors (Lipinski definition) is 4. The number of nitrogens with zero attached hydrogens (tertiary/aromatic N) is 3. The molecule has 0 bridgehead atoms. The second-order valence-electron chi connectivity index (χ2n) is 8.07. The Balaban J connectivity index is 1.24. The first-order chi connectivity index (χ1) is 15.1. The zero-order valence-electron chi connectivity index (χ0n) is 17.7. The largest absolute Gasteiger partial charge is 0.356 e. The second-order valence-corrected chi connectivity index (χ2v) is 8.51. The molecule has 5 nitrogen and oxygen atoms in total. The third-order valence-corrected chi connectivity index (χ3v) is 6.07. The van der Waals surface area contributed by atoms with E-state index in [1.54, 1.807) is 0 Å². The van der Waals surface area contributed by atoms with Crippen molar-refractivity contribution < 1.29 is 4.79 Å². The van der Waals surface area contributed by atoms with Crippen molar-refractivity contribution in [3.05, 3.63) is 76.8 Å². The van der Waals surface area contributed by atoms with E-state index in [4.69, 9.17) is 11.6 Å². The molecule has 3 aromatic rings. The SMILES string of the molecule is Cc1ccc(-c2ccc(N3CCC(C(=O)NCCc4ccc(Cl)cc4)CC3)nn2)cc1. The fourth-order valence-electron chi connectivity index (χ4n) is 3.87. The van der Waals surface area contributed by atoms with E-state index in [0.717, 1.165) is 54.4 Å². The van der Waals surface area contributed by atoms with Gasteiger partial charge in [0.25, 0.3) is 0 Å². The summed E-state index contributed by atoms with van der Waals surface area (Å²) in [7, 11) is 0. The van der Waals surface area contributed by atoms with E-state index in [1.807, 2.05) is 36.4 Å². The lowest BCUT2D eigenvalue weighted by atomic mass is 9.96. The van der Waals surface area contributed by atoms with Gasteiger partial charge in [-0.05, 0) is 56.0 Å². The van der Waals surface area contributed by atoms with Crippen molar-refractivity contribution in [3.63, 3.8) is 0 Å². The van der Waals surface area contributed by atoms with Gasteiger partial charge in [-0.2, -0.15) is 0 Å². The minimum Gasteiger partial charge on any atom is -0.356 e. The van der Waals surface area contributed by atoms with Crippen LogP contribution in [0.1, 0.15) is 24.0 Å². The first-order valence-electron chi connectivity index (χ1n) is 10.8. The Morgan fingerprint density at radius 2 is 1.71 bits per heavy atom. The van der Waals surface area contributed by atoms with Crippen LogP contribution in [0.5, 0.6) is 0 Å². The van der Waals surface area contributed by atoms with E-state index in [1.165, 1.54) is 11.1 Å². The third-order valence-electron chi connectivity index (χ3n) is 5.81. The van der Waals surface area contributed by atoms with Crippen molar-refractivity contribution >= 4 is 23.3 Å². The quantitative estimate of drug-likeness (QED) is 0.612. The molecule has 1 aliphatic rings. The lowest BCUT2D eigenvalue weighted by molar-refractivity contribution is -0.125. The number of hydrogen-bond donors (Lipinski definition) is 1. The minimum absolute atomic E-state index is 0.0567. The van der Waals surface area contributed by atoms with Gasteiger partial charge < -0.3 is 10.2 Å². The van der Waals surface area contributed by atoms with Gasteiger partial charge in [0.2, 0.25) is 5.91 Å². The van der Waals surface area contributed by atoms with Crippen molar-refractivity contribution in [2.75, 3.05) is 24.5 Å². The Labute approximate surface area is 188 Å². The van der Waals surface area contributed by atoms with Crippen LogP contribution in [0.2, 0.25) is 5.02 Å². The highest BCUT2D eigenvalue weighted by Gasteiger charge is 2.25. The van der Waals surface area contributed by atoms with Crippen LogP contribution < -0.4 is 10.2 Å². The number of carbonyl (C=O) groups is 1. The van der Waals surface area contributed by atoms with Gasteiger partial charge in [0.05, 0.1) is 5.69 Å². The van der Waals surface area contributed by atoms with E-state index in [2.05, 4.69) is 51.6 Å². The van der Waals surface area contributed by atoms with Gasteiger partial charge in [0, 0.05) is 36.1 Å². The van der Waals surface area contributed by atoms with Crippen LogP contribution in [0.4, 0.5) is 5.82 Å². The Kier molecular flexibility index (Phi) is 6.82. The summed E-state index contributed by atoms with van der Waals surface area (Å²) in [5.41, 5.74) is 4.34. The van der Waals surface area contributed by atoms with E-state index in [0.29, 0.717) is 6.54 Å². The molecule has 2 heterocycles. The number of halogens is 1. The zero-order valence-corrected chi connectivity index (χ0v) is 18.5. The number of rotatable bonds is 6. The number of benzene rings is 2. The van der Waals surface area contributed by atoms with Crippen LogP contribution in [-0.2, 0) is 11.2 Å². The molecule has 1 aliphatic heterocycles. The standard InChI is InChI=1S/C25H27ClN4O/c1-18-2-6-20(7-3-18)23-10-11-24(29-28-23)30-16-13-21(14-17-30)25(31)27-15-12-19-4-8-22(26)9-5-19/h2-11,21H,12-17H2,1H3,(H,27,31). The average Bonchev–Trinajstić information content (AvgIpc) is 2.81. The monoisotopic (exact) mass is 434 g/mol. The molecule has 0 radical (unpaired) electrons.